The van der Waals surface area contributed by atoms with Crippen LogP contribution in [0.1, 0.15) is 310 Å². The molecule has 4 aromatic rings. The Hall–Kier alpha value is -4.83. The summed E-state index contributed by atoms with van der Waals surface area (Å²) in [5.41, 5.74) is 8.56. The minimum atomic E-state index is -0.132. The van der Waals surface area contributed by atoms with Gasteiger partial charge in [0, 0.05) is 36.3 Å². The fourth-order valence-electron chi connectivity index (χ4n) is 12.1. The molecular formula is C78H123N3O6. The lowest BCUT2D eigenvalue weighted by molar-refractivity contribution is -0.117. The number of unbranched alkanes of at least 4 members (excludes halogenated alkanes) is 30. The van der Waals surface area contributed by atoms with Crippen LogP contribution in [-0.4, -0.2) is 51.4 Å². The van der Waals surface area contributed by atoms with E-state index in [1.165, 1.54) is 135 Å². The van der Waals surface area contributed by atoms with Crippen LogP contribution >= 0.6 is 0 Å². The van der Waals surface area contributed by atoms with E-state index in [9.17, 15) is 29.7 Å². The van der Waals surface area contributed by atoms with Gasteiger partial charge in [0.05, 0.1) is 18.3 Å². The van der Waals surface area contributed by atoms with Gasteiger partial charge in [0.2, 0.25) is 17.7 Å². The molecule has 0 aromatic heterocycles. The molecule has 0 spiro atoms. The smallest absolute Gasteiger partial charge is 0.224 e. The summed E-state index contributed by atoms with van der Waals surface area (Å²) in [5.74, 6) is 0.131. The van der Waals surface area contributed by atoms with Crippen LogP contribution in [-0.2, 0) is 14.4 Å². The minimum Gasteiger partial charge on any atom is -0.393 e. The molecule has 9 nitrogen and oxygen atoms in total. The Morgan fingerprint density at radius 2 is 0.448 bits per heavy atom. The predicted molar refractivity (Wildman–Crippen MR) is 371 cm³/mol. The lowest BCUT2D eigenvalue weighted by atomic mass is 9.93. The Bertz CT molecular complexity index is 2080. The van der Waals surface area contributed by atoms with Crippen LogP contribution in [0.2, 0.25) is 0 Å². The molecule has 0 aliphatic heterocycles. The first-order valence-electron chi connectivity index (χ1n) is 36.0. The summed E-state index contributed by atoms with van der Waals surface area (Å²) >= 11 is 0. The van der Waals surface area contributed by atoms with Gasteiger partial charge in [-0.25, -0.2) is 0 Å². The minimum absolute atomic E-state index is 0.0438. The topological polar surface area (TPSA) is 148 Å². The maximum atomic E-state index is 13.0. The Morgan fingerprint density at radius 1 is 0.264 bits per heavy atom. The highest BCUT2D eigenvalue weighted by molar-refractivity contribution is 5.93. The first-order valence-corrected chi connectivity index (χ1v) is 36.0. The average Bonchev–Trinajstić information content (AvgIpc) is 3.04. The molecule has 87 heavy (non-hydrogen) atoms. The summed E-state index contributed by atoms with van der Waals surface area (Å²) in [6.45, 7) is 6.67. The number of hydrogen-bond donors (Lipinski definition) is 6. The zero-order valence-electron chi connectivity index (χ0n) is 55.3. The van der Waals surface area contributed by atoms with E-state index >= 15 is 0 Å². The van der Waals surface area contributed by atoms with Gasteiger partial charge in [-0.05, 0) is 146 Å². The first-order chi connectivity index (χ1) is 42.6. The molecule has 4 rings (SSSR count). The molecule has 0 radical (unpaired) electrons. The van der Waals surface area contributed by atoms with E-state index in [-0.39, 0.29) is 36.0 Å². The van der Waals surface area contributed by atoms with Crippen LogP contribution < -0.4 is 16.0 Å². The van der Waals surface area contributed by atoms with Gasteiger partial charge in [0.25, 0.3) is 0 Å². The summed E-state index contributed by atoms with van der Waals surface area (Å²) < 4.78 is 0. The molecule has 0 heterocycles. The van der Waals surface area contributed by atoms with Crippen LogP contribution in [0.4, 0.5) is 17.1 Å². The van der Waals surface area contributed by atoms with Crippen molar-refractivity contribution in [3.8, 4) is 33.4 Å². The molecule has 4 aromatic carbocycles. The van der Waals surface area contributed by atoms with E-state index in [1.807, 2.05) is 36.4 Å². The van der Waals surface area contributed by atoms with Crippen molar-refractivity contribution in [2.45, 2.75) is 328 Å². The molecule has 0 fully saturated rings. The Labute approximate surface area is 530 Å². The number of amides is 3. The Balaban J connectivity index is 1.26. The number of aliphatic hydroxyl groups excluding tert-OH is 3. The fraction of sp³-hybridized carbons (Fsp3) is 0.654. The van der Waals surface area contributed by atoms with Crippen molar-refractivity contribution >= 4 is 34.8 Å². The number of carbonyl (C=O) groups excluding carboxylic acids is 3. The number of nitrogens with one attached hydrogen (secondary N) is 3. The molecule has 3 amide bonds. The molecule has 0 saturated heterocycles. The average molecular weight is 1200 g/mol. The van der Waals surface area contributed by atoms with Crippen molar-refractivity contribution in [2.24, 2.45) is 0 Å². The van der Waals surface area contributed by atoms with Crippen molar-refractivity contribution in [1.29, 1.82) is 0 Å². The van der Waals surface area contributed by atoms with E-state index in [0.29, 0.717) is 19.3 Å². The quantitative estimate of drug-likeness (QED) is 0.0243. The van der Waals surface area contributed by atoms with Crippen LogP contribution in [0.3, 0.4) is 0 Å². The highest BCUT2D eigenvalue weighted by atomic mass is 16.3. The van der Waals surface area contributed by atoms with E-state index in [2.05, 4.69) is 91.3 Å². The van der Waals surface area contributed by atoms with E-state index < -0.39 is 0 Å². The van der Waals surface area contributed by atoms with E-state index in [0.717, 1.165) is 185 Å². The third kappa shape index (κ3) is 36.4. The number of carbonyl (C=O) groups is 3. The first kappa shape index (κ1) is 74.6. The van der Waals surface area contributed by atoms with Gasteiger partial charge >= 0.3 is 0 Å². The summed E-state index contributed by atoms with van der Waals surface area (Å²) in [7, 11) is 0. The van der Waals surface area contributed by atoms with E-state index in [4.69, 9.17) is 0 Å². The number of rotatable bonds is 54. The fourth-order valence-corrected chi connectivity index (χ4v) is 12.1. The number of aliphatic hydroxyl groups is 3. The largest absolute Gasteiger partial charge is 0.393 e. The van der Waals surface area contributed by atoms with Crippen molar-refractivity contribution in [3.63, 3.8) is 0 Å². The third-order valence-electron chi connectivity index (χ3n) is 17.7. The van der Waals surface area contributed by atoms with Crippen molar-refractivity contribution in [1.82, 2.24) is 0 Å². The van der Waals surface area contributed by atoms with Gasteiger partial charge in [0.1, 0.15) is 0 Å². The third-order valence-corrected chi connectivity index (χ3v) is 17.7. The second-order valence-electron chi connectivity index (χ2n) is 25.8. The van der Waals surface area contributed by atoms with Crippen LogP contribution in [0.5, 0.6) is 0 Å². The lowest BCUT2D eigenvalue weighted by Crippen LogP contribution is -2.11. The summed E-state index contributed by atoms with van der Waals surface area (Å²) in [5, 5.41) is 40.1. The molecule has 0 bridgehead atoms. The van der Waals surface area contributed by atoms with Gasteiger partial charge < -0.3 is 31.3 Å². The zero-order valence-corrected chi connectivity index (χ0v) is 55.3. The van der Waals surface area contributed by atoms with Gasteiger partial charge in [0.15, 0.2) is 0 Å². The molecule has 3 atom stereocenters. The zero-order chi connectivity index (χ0) is 62.2. The number of anilines is 3. The van der Waals surface area contributed by atoms with Gasteiger partial charge in [-0.15, -0.1) is 0 Å². The van der Waals surface area contributed by atoms with Gasteiger partial charge in [-0.3, -0.25) is 14.4 Å². The van der Waals surface area contributed by atoms with Crippen molar-refractivity contribution < 1.29 is 29.7 Å². The van der Waals surface area contributed by atoms with Gasteiger partial charge in [-0.1, -0.05) is 269 Å². The molecule has 0 saturated carbocycles. The molecule has 3 unspecified atom stereocenters. The normalized spacial score (nSPS) is 12.5. The monoisotopic (exact) mass is 1200 g/mol. The molecule has 0 aliphatic carbocycles. The summed E-state index contributed by atoms with van der Waals surface area (Å²) in [6.07, 6.45) is 48.5. The predicted octanol–water partition coefficient (Wildman–Crippen LogP) is 22.2. The summed E-state index contributed by atoms with van der Waals surface area (Å²) in [6, 6.07) is 30.9. The highest BCUT2D eigenvalue weighted by Crippen LogP contribution is 2.35. The Kier molecular flexibility index (Phi) is 42.0. The van der Waals surface area contributed by atoms with Crippen molar-refractivity contribution in [3.05, 3.63) is 91.0 Å². The second-order valence-corrected chi connectivity index (χ2v) is 25.8. The van der Waals surface area contributed by atoms with E-state index in [1.54, 1.807) is 0 Å². The molecule has 0 aliphatic rings. The maximum absolute atomic E-state index is 13.0. The van der Waals surface area contributed by atoms with Crippen LogP contribution in [0.25, 0.3) is 33.4 Å². The Morgan fingerprint density at radius 3 is 0.655 bits per heavy atom. The molecule has 9 heteroatoms. The standard InChI is InChI=1S/C78H123N3O6/c1-4-7-10-31-40-73(82)43-34-25-19-13-16-22-28-37-46-76(85)79-70-55-49-64(50-56-70)67-61-68(65-51-57-71(58-52-65)80-77(86)47-38-29-23-17-14-20-26-35-44-74(83)41-32-11-8-5-2)63-69(62-67)66-53-59-72(60-54-66)81-78(87)48-39-30-24-18-15-21-27-36-45-75(84)42-33-12-9-6-3/h49-63,73-75,82-84H,4-48H2,1-3H3,(H,79,85)(H,80,86)(H,81,87). The maximum Gasteiger partial charge on any atom is 0.224 e. The van der Waals surface area contributed by atoms with Crippen LogP contribution in [0, 0.1) is 0 Å². The van der Waals surface area contributed by atoms with Crippen molar-refractivity contribution in [2.75, 3.05) is 16.0 Å². The molecule has 486 valence electrons. The van der Waals surface area contributed by atoms with Crippen LogP contribution in [0.15, 0.2) is 91.0 Å². The summed E-state index contributed by atoms with van der Waals surface area (Å²) in [4.78, 5) is 39.1. The SMILES string of the molecule is CCCCCCC(O)CCCCCCCCCCC(=O)Nc1ccc(-c2cc(-c3ccc(NC(=O)CCCCCCCCCCC(O)CCCCCC)cc3)cc(-c3ccc(NC(=O)CCCCCCCCCCC(O)CCCCCC)cc3)c2)cc1. The van der Waals surface area contributed by atoms with Gasteiger partial charge in [-0.2, -0.15) is 0 Å². The number of benzene rings is 4. The molecule has 6 N–H and O–H groups in total. The number of hydrogen-bond acceptors (Lipinski definition) is 6. The second kappa shape index (κ2) is 49.0. The lowest BCUT2D eigenvalue weighted by Gasteiger charge is -2.13. The molecular weight excluding hydrogens is 1070 g/mol. The highest BCUT2D eigenvalue weighted by Gasteiger charge is 2.13.